The van der Waals surface area contributed by atoms with Crippen LogP contribution in [-0.4, -0.2) is 56.6 Å². The number of carbonyl (C=O) groups is 1. The average molecular weight is 380 g/mol. The molecule has 0 aromatic carbocycles. The second-order valence-corrected chi connectivity index (χ2v) is 7.79. The standard InChI is InChI=1S/C21H28N6O/c1-6-26(7-2)21(28)16-17(25(5)14-10-11-14)15-9-8-12-22-19(15)27-18(13(3)4)23-24-20(16)27/h8-9,12-14H,6-7,10-11H2,1-5H3. The van der Waals surface area contributed by atoms with E-state index in [0.29, 0.717) is 30.3 Å². The third-order valence-corrected chi connectivity index (χ3v) is 5.63. The van der Waals surface area contributed by atoms with Gasteiger partial charge in [0.2, 0.25) is 0 Å². The SMILES string of the molecule is CCN(CC)C(=O)c1c(N(C)C2CC2)c2cccnc2n2c(C(C)C)nnc12. The number of carbonyl (C=O) groups excluding carboxylic acids is 1. The highest BCUT2D eigenvalue weighted by atomic mass is 16.2. The number of fused-ring (bicyclic) bond motifs is 3. The lowest BCUT2D eigenvalue weighted by Crippen LogP contribution is -2.33. The molecule has 0 atom stereocenters. The molecule has 1 aliphatic carbocycles. The lowest BCUT2D eigenvalue weighted by molar-refractivity contribution is 0.0775. The van der Waals surface area contributed by atoms with Crippen LogP contribution in [-0.2, 0) is 0 Å². The molecule has 3 heterocycles. The van der Waals surface area contributed by atoms with Crippen molar-refractivity contribution in [3.63, 3.8) is 0 Å². The molecule has 1 aliphatic rings. The molecule has 0 saturated heterocycles. The lowest BCUT2D eigenvalue weighted by Gasteiger charge is -2.27. The summed E-state index contributed by atoms with van der Waals surface area (Å²) >= 11 is 0. The van der Waals surface area contributed by atoms with Crippen LogP contribution in [0, 0.1) is 0 Å². The van der Waals surface area contributed by atoms with E-state index in [2.05, 4.69) is 47.0 Å². The van der Waals surface area contributed by atoms with Gasteiger partial charge in [-0.2, -0.15) is 0 Å². The Kier molecular flexibility index (Phi) is 4.69. The van der Waals surface area contributed by atoms with Crippen molar-refractivity contribution in [3.8, 4) is 0 Å². The van der Waals surface area contributed by atoms with E-state index < -0.39 is 0 Å². The van der Waals surface area contributed by atoms with Crippen molar-refractivity contribution >= 4 is 28.3 Å². The second kappa shape index (κ2) is 7.04. The van der Waals surface area contributed by atoms with Crippen LogP contribution in [0.25, 0.3) is 16.7 Å². The molecule has 0 unspecified atom stereocenters. The van der Waals surface area contributed by atoms with E-state index in [1.807, 2.05) is 29.2 Å². The van der Waals surface area contributed by atoms with Crippen LogP contribution in [0.15, 0.2) is 18.3 Å². The Balaban J connectivity index is 2.13. The molecule has 0 aliphatic heterocycles. The Hall–Kier alpha value is -2.70. The van der Waals surface area contributed by atoms with Crippen LogP contribution in [0.1, 0.15) is 62.6 Å². The van der Waals surface area contributed by atoms with Gasteiger partial charge in [0.15, 0.2) is 5.65 Å². The Bertz CT molecular complexity index is 1030. The van der Waals surface area contributed by atoms with Crippen molar-refractivity contribution in [1.29, 1.82) is 0 Å². The number of anilines is 1. The molecule has 3 aromatic heterocycles. The van der Waals surface area contributed by atoms with Crippen LogP contribution in [0.5, 0.6) is 0 Å². The highest BCUT2D eigenvalue weighted by molar-refractivity contribution is 6.12. The fraction of sp³-hybridized carbons (Fsp3) is 0.524. The molecule has 1 saturated carbocycles. The first kappa shape index (κ1) is 18.7. The topological polar surface area (TPSA) is 66.6 Å². The Labute approximate surface area is 165 Å². The number of pyridine rings is 2. The van der Waals surface area contributed by atoms with Gasteiger partial charge < -0.3 is 9.80 Å². The maximum absolute atomic E-state index is 13.6. The molecule has 0 N–H and O–H groups in total. The summed E-state index contributed by atoms with van der Waals surface area (Å²) in [5.74, 6) is 1.00. The number of hydrogen-bond acceptors (Lipinski definition) is 5. The summed E-state index contributed by atoms with van der Waals surface area (Å²) in [7, 11) is 2.08. The van der Waals surface area contributed by atoms with Crippen LogP contribution in [0.3, 0.4) is 0 Å². The summed E-state index contributed by atoms with van der Waals surface area (Å²) in [5, 5.41) is 9.90. The minimum atomic E-state index is 0.00552. The summed E-state index contributed by atoms with van der Waals surface area (Å²) < 4.78 is 1.97. The maximum atomic E-state index is 13.6. The van der Waals surface area contributed by atoms with E-state index in [0.717, 1.165) is 35.4 Å². The number of nitrogens with zero attached hydrogens (tertiary/aromatic N) is 6. The molecule has 0 spiro atoms. The lowest BCUT2D eigenvalue weighted by atomic mass is 10.1. The first-order valence-corrected chi connectivity index (χ1v) is 10.2. The highest BCUT2D eigenvalue weighted by Gasteiger charge is 2.34. The highest BCUT2D eigenvalue weighted by Crippen LogP contribution is 2.39. The van der Waals surface area contributed by atoms with Gasteiger partial charge in [0.25, 0.3) is 5.91 Å². The van der Waals surface area contributed by atoms with Gasteiger partial charge in [0.1, 0.15) is 17.0 Å². The van der Waals surface area contributed by atoms with Gasteiger partial charge in [-0.15, -0.1) is 10.2 Å². The monoisotopic (exact) mass is 380 g/mol. The molecule has 0 radical (unpaired) electrons. The van der Waals surface area contributed by atoms with Crippen molar-refractivity contribution in [2.75, 3.05) is 25.0 Å². The molecule has 1 amide bonds. The summed E-state index contributed by atoms with van der Waals surface area (Å²) in [5.41, 5.74) is 2.98. The van der Waals surface area contributed by atoms with E-state index in [1.54, 1.807) is 6.20 Å². The quantitative estimate of drug-likeness (QED) is 0.655. The van der Waals surface area contributed by atoms with Crippen molar-refractivity contribution in [3.05, 3.63) is 29.7 Å². The van der Waals surface area contributed by atoms with Gasteiger partial charge >= 0.3 is 0 Å². The van der Waals surface area contributed by atoms with Gasteiger partial charge in [-0.3, -0.25) is 9.20 Å². The molecule has 7 heteroatoms. The molecule has 4 rings (SSSR count). The zero-order valence-electron chi connectivity index (χ0n) is 17.3. The summed E-state index contributed by atoms with van der Waals surface area (Å²) in [6.07, 6.45) is 4.08. The van der Waals surface area contributed by atoms with E-state index in [-0.39, 0.29) is 11.8 Å². The van der Waals surface area contributed by atoms with E-state index in [1.165, 1.54) is 0 Å². The van der Waals surface area contributed by atoms with Crippen molar-refractivity contribution in [2.45, 2.75) is 52.5 Å². The van der Waals surface area contributed by atoms with Gasteiger partial charge in [0, 0.05) is 43.7 Å². The first-order chi connectivity index (χ1) is 13.5. The molecule has 0 bridgehead atoms. The average Bonchev–Trinajstić information content (AvgIpc) is 3.45. The largest absolute Gasteiger partial charge is 0.370 e. The predicted molar refractivity (Wildman–Crippen MR) is 111 cm³/mol. The summed E-state index contributed by atoms with van der Waals surface area (Å²) in [6.45, 7) is 9.50. The van der Waals surface area contributed by atoms with Crippen molar-refractivity contribution in [2.24, 2.45) is 0 Å². The molecule has 3 aromatic rings. The van der Waals surface area contributed by atoms with Gasteiger partial charge in [-0.25, -0.2) is 4.98 Å². The summed E-state index contributed by atoms with van der Waals surface area (Å²) in [6, 6.07) is 4.45. The van der Waals surface area contributed by atoms with Crippen LogP contribution < -0.4 is 4.90 Å². The molecule has 7 nitrogen and oxygen atoms in total. The smallest absolute Gasteiger partial charge is 0.259 e. The van der Waals surface area contributed by atoms with E-state index in [4.69, 9.17) is 0 Å². The number of rotatable bonds is 6. The van der Waals surface area contributed by atoms with Crippen molar-refractivity contribution in [1.82, 2.24) is 24.5 Å². The molecule has 28 heavy (non-hydrogen) atoms. The fourth-order valence-corrected chi connectivity index (χ4v) is 3.92. The Morgan fingerprint density at radius 3 is 2.54 bits per heavy atom. The Morgan fingerprint density at radius 1 is 1.21 bits per heavy atom. The fourth-order valence-electron chi connectivity index (χ4n) is 3.92. The van der Waals surface area contributed by atoms with Gasteiger partial charge in [-0.05, 0) is 38.8 Å². The van der Waals surface area contributed by atoms with E-state index >= 15 is 0 Å². The zero-order valence-corrected chi connectivity index (χ0v) is 17.3. The van der Waals surface area contributed by atoms with E-state index in [9.17, 15) is 4.79 Å². The van der Waals surface area contributed by atoms with Crippen LogP contribution in [0.4, 0.5) is 5.69 Å². The van der Waals surface area contributed by atoms with Crippen molar-refractivity contribution < 1.29 is 4.79 Å². The molecular formula is C21H28N6O. The van der Waals surface area contributed by atoms with Crippen LogP contribution in [0.2, 0.25) is 0 Å². The third kappa shape index (κ3) is 2.80. The number of hydrogen-bond donors (Lipinski definition) is 0. The normalized spacial score (nSPS) is 14.2. The third-order valence-electron chi connectivity index (χ3n) is 5.63. The zero-order chi connectivity index (χ0) is 20.0. The second-order valence-electron chi connectivity index (χ2n) is 7.79. The van der Waals surface area contributed by atoms with Gasteiger partial charge in [-0.1, -0.05) is 13.8 Å². The molecular weight excluding hydrogens is 352 g/mol. The Morgan fingerprint density at radius 2 is 1.93 bits per heavy atom. The minimum absolute atomic E-state index is 0.00552. The summed E-state index contributed by atoms with van der Waals surface area (Å²) in [4.78, 5) is 22.4. The molecule has 1 fully saturated rings. The molecule has 148 valence electrons. The maximum Gasteiger partial charge on any atom is 0.259 e. The minimum Gasteiger partial charge on any atom is -0.370 e. The predicted octanol–water partition coefficient (Wildman–Crippen LogP) is 3.48. The first-order valence-electron chi connectivity index (χ1n) is 10.2. The number of aromatic nitrogens is 4. The van der Waals surface area contributed by atoms with Crippen LogP contribution >= 0.6 is 0 Å². The number of amides is 1. The van der Waals surface area contributed by atoms with Gasteiger partial charge in [0.05, 0.1) is 5.69 Å².